The standard InChI is InChI=1S/C20H41N/c1-5-6-7-8-9-10-11-14-19(21-4)20(17-18(2)3)15-12-13-16-20/h18-19,21H,5-17H2,1-4H3. The first-order valence-electron chi connectivity index (χ1n) is 9.82. The molecule has 0 aromatic rings. The largest absolute Gasteiger partial charge is 0.316 e. The molecular formula is C20H41N. The molecule has 0 amide bonds. The fraction of sp³-hybridized carbons (Fsp3) is 1.00. The summed E-state index contributed by atoms with van der Waals surface area (Å²) < 4.78 is 0. The van der Waals surface area contributed by atoms with E-state index >= 15 is 0 Å². The molecule has 0 bridgehead atoms. The van der Waals surface area contributed by atoms with Gasteiger partial charge in [0.2, 0.25) is 0 Å². The Balaban J connectivity index is 2.31. The first-order valence-corrected chi connectivity index (χ1v) is 9.82. The van der Waals surface area contributed by atoms with E-state index in [1.807, 2.05) is 0 Å². The van der Waals surface area contributed by atoms with Crippen LogP contribution in [0.5, 0.6) is 0 Å². The van der Waals surface area contributed by atoms with Crippen molar-refractivity contribution in [2.75, 3.05) is 7.05 Å². The van der Waals surface area contributed by atoms with Gasteiger partial charge in [-0.15, -0.1) is 0 Å². The minimum Gasteiger partial charge on any atom is -0.316 e. The van der Waals surface area contributed by atoms with E-state index in [0.29, 0.717) is 5.41 Å². The average Bonchev–Trinajstić information content (AvgIpc) is 2.90. The molecule has 1 aliphatic carbocycles. The quantitative estimate of drug-likeness (QED) is 0.415. The molecule has 1 heteroatoms. The normalized spacial score (nSPS) is 19.3. The van der Waals surface area contributed by atoms with Gasteiger partial charge >= 0.3 is 0 Å². The molecule has 1 nitrogen and oxygen atoms in total. The molecule has 0 saturated heterocycles. The molecule has 21 heavy (non-hydrogen) atoms. The van der Waals surface area contributed by atoms with Crippen LogP contribution in [-0.2, 0) is 0 Å². The summed E-state index contributed by atoms with van der Waals surface area (Å²) in [4.78, 5) is 0. The summed E-state index contributed by atoms with van der Waals surface area (Å²) in [6, 6.07) is 0.762. The Bertz CT molecular complexity index is 240. The highest BCUT2D eigenvalue weighted by atomic mass is 14.9. The van der Waals surface area contributed by atoms with Crippen molar-refractivity contribution in [3.63, 3.8) is 0 Å². The molecule has 1 saturated carbocycles. The average molecular weight is 296 g/mol. The lowest BCUT2D eigenvalue weighted by atomic mass is 9.71. The van der Waals surface area contributed by atoms with Crippen LogP contribution in [-0.4, -0.2) is 13.1 Å². The number of unbranched alkanes of at least 4 members (excludes halogenated alkanes) is 6. The van der Waals surface area contributed by atoms with E-state index in [-0.39, 0.29) is 0 Å². The van der Waals surface area contributed by atoms with Crippen LogP contribution < -0.4 is 5.32 Å². The highest BCUT2D eigenvalue weighted by Crippen LogP contribution is 2.47. The molecule has 0 aromatic heterocycles. The van der Waals surface area contributed by atoms with Gasteiger partial charge in [0.25, 0.3) is 0 Å². The lowest BCUT2D eigenvalue weighted by Gasteiger charge is -2.39. The lowest BCUT2D eigenvalue weighted by Crippen LogP contribution is -2.43. The molecule has 1 N–H and O–H groups in total. The SMILES string of the molecule is CCCCCCCCCC(NC)C1(CC(C)C)CCCC1. The van der Waals surface area contributed by atoms with Crippen molar-refractivity contribution in [2.24, 2.45) is 11.3 Å². The van der Waals surface area contributed by atoms with E-state index in [9.17, 15) is 0 Å². The first-order chi connectivity index (χ1) is 10.1. The topological polar surface area (TPSA) is 12.0 Å². The Morgan fingerprint density at radius 3 is 2.00 bits per heavy atom. The molecule has 126 valence electrons. The van der Waals surface area contributed by atoms with E-state index in [0.717, 1.165) is 12.0 Å². The van der Waals surface area contributed by atoms with E-state index in [1.165, 1.54) is 83.5 Å². The van der Waals surface area contributed by atoms with Crippen LogP contribution in [0.4, 0.5) is 0 Å². The second-order valence-corrected chi connectivity index (χ2v) is 7.92. The van der Waals surface area contributed by atoms with Gasteiger partial charge in [-0.25, -0.2) is 0 Å². The van der Waals surface area contributed by atoms with Crippen LogP contribution >= 0.6 is 0 Å². The molecule has 0 aliphatic heterocycles. The summed E-state index contributed by atoms with van der Waals surface area (Å²) in [5, 5.41) is 3.70. The highest BCUT2D eigenvalue weighted by Gasteiger charge is 2.40. The maximum Gasteiger partial charge on any atom is 0.0121 e. The van der Waals surface area contributed by atoms with Gasteiger partial charge in [0.05, 0.1) is 0 Å². The lowest BCUT2D eigenvalue weighted by molar-refractivity contribution is 0.151. The fourth-order valence-corrected chi connectivity index (χ4v) is 4.65. The zero-order chi connectivity index (χ0) is 15.6. The van der Waals surface area contributed by atoms with Gasteiger partial charge in [0.15, 0.2) is 0 Å². The third kappa shape index (κ3) is 6.72. The number of rotatable bonds is 12. The van der Waals surface area contributed by atoms with Crippen LogP contribution in [0, 0.1) is 11.3 Å². The smallest absolute Gasteiger partial charge is 0.0121 e. The summed E-state index contributed by atoms with van der Waals surface area (Å²) in [6.45, 7) is 7.11. The van der Waals surface area contributed by atoms with Gasteiger partial charge in [0.1, 0.15) is 0 Å². The van der Waals surface area contributed by atoms with Gasteiger partial charge in [-0.2, -0.15) is 0 Å². The van der Waals surface area contributed by atoms with Gasteiger partial charge in [0, 0.05) is 6.04 Å². The zero-order valence-electron chi connectivity index (χ0n) is 15.3. The van der Waals surface area contributed by atoms with Crippen molar-refractivity contribution >= 4 is 0 Å². The van der Waals surface area contributed by atoms with E-state index in [4.69, 9.17) is 0 Å². The second kappa shape index (κ2) is 10.6. The molecule has 1 rings (SSSR count). The molecule has 0 heterocycles. The first kappa shape index (κ1) is 19.0. The van der Waals surface area contributed by atoms with E-state index in [1.54, 1.807) is 0 Å². The summed E-state index contributed by atoms with van der Waals surface area (Å²) in [6.07, 6.45) is 18.7. The van der Waals surface area contributed by atoms with Crippen LogP contribution in [0.25, 0.3) is 0 Å². The van der Waals surface area contributed by atoms with Gasteiger partial charge in [-0.05, 0) is 44.1 Å². The Kier molecular flexibility index (Phi) is 9.64. The third-order valence-electron chi connectivity index (χ3n) is 5.60. The Labute approximate surface area is 134 Å². The molecular weight excluding hydrogens is 254 g/mol. The Morgan fingerprint density at radius 2 is 1.48 bits per heavy atom. The van der Waals surface area contributed by atoms with Crippen molar-refractivity contribution in [1.82, 2.24) is 5.32 Å². The molecule has 0 radical (unpaired) electrons. The van der Waals surface area contributed by atoms with Gasteiger partial charge in [-0.3, -0.25) is 0 Å². The third-order valence-corrected chi connectivity index (χ3v) is 5.60. The van der Waals surface area contributed by atoms with Crippen molar-refractivity contribution in [3.05, 3.63) is 0 Å². The van der Waals surface area contributed by atoms with Gasteiger partial charge < -0.3 is 5.32 Å². The maximum atomic E-state index is 3.70. The molecule has 1 aliphatic rings. The molecule has 1 atom stereocenters. The number of nitrogens with one attached hydrogen (secondary N) is 1. The van der Waals surface area contributed by atoms with Crippen LogP contribution in [0.1, 0.15) is 104 Å². The van der Waals surface area contributed by atoms with Crippen molar-refractivity contribution in [2.45, 2.75) is 110 Å². The molecule has 0 spiro atoms. The zero-order valence-corrected chi connectivity index (χ0v) is 15.3. The predicted molar refractivity (Wildman–Crippen MR) is 95.8 cm³/mol. The maximum absolute atomic E-state index is 3.70. The predicted octanol–water partition coefficient (Wildman–Crippen LogP) is 6.32. The van der Waals surface area contributed by atoms with Crippen molar-refractivity contribution in [3.8, 4) is 0 Å². The Morgan fingerprint density at radius 1 is 0.905 bits per heavy atom. The van der Waals surface area contributed by atoms with Crippen molar-refractivity contribution < 1.29 is 0 Å². The second-order valence-electron chi connectivity index (χ2n) is 7.92. The molecule has 1 fully saturated rings. The van der Waals surface area contributed by atoms with E-state index in [2.05, 4.69) is 33.1 Å². The van der Waals surface area contributed by atoms with Crippen LogP contribution in [0.2, 0.25) is 0 Å². The summed E-state index contributed by atoms with van der Waals surface area (Å²) in [5.74, 6) is 0.841. The van der Waals surface area contributed by atoms with Crippen LogP contribution in [0.3, 0.4) is 0 Å². The highest BCUT2D eigenvalue weighted by molar-refractivity contribution is 4.94. The van der Waals surface area contributed by atoms with Crippen LogP contribution in [0.15, 0.2) is 0 Å². The summed E-state index contributed by atoms with van der Waals surface area (Å²) in [5.41, 5.74) is 0.616. The molecule has 0 aromatic carbocycles. The van der Waals surface area contributed by atoms with E-state index < -0.39 is 0 Å². The minimum atomic E-state index is 0.616. The minimum absolute atomic E-state index is 0.616. The molecule has 1 unspecified atom stereocenters. The number of hydrogen-bond acceptors (Lipinski definition) is 1. The monoisotopic (exact) mass is 295 g/mol. The fourth-order valence-electron chi connectivity index (χ4n) is 4.65. The number of hydrogen-bond donors (Lipinski definition) is 1. The van der Waals surface area contributed by atoms with Gasteiger partial charge in [-0.1, -0.05) is 78.6 Å². The van der Waals surface area contributed by atoms with Crippen molar-refractivity contribution in [1.29, 1.82) is 0 Å². The Hall–Kier alpha value is -0.0400. The summed E-state index contributed by atoms with van der Waals surface area (Å²) in [7, 11) is 2.20. The summed E-state index contributed by atoms with van der Waals surface area (Å²) >= 11 is 0.